The van der Waals surface area contributed by atoms with E-state index in [0.717, 1.165) is 19.3 Å². The molecule has 0 aliphatic carbocycles. The number of rotatable bonds is 3. The molecule has 1 aliphatic heterocycles. The number of likely N-dealkylation sites (N-methyl/N-ethyl adjacent to an activating group) is 1. The summed E-state index contributed by atoms with van der Waals surface area (Å²) in [6.07, 6.45) is 2.60. The Labute approximate surface area is 119 Å². The van der Waals surface area contributed by atoms with Crippen LogP contribution in [0.2, 0.25) is 0 Å². The van der Waals surface area contributed by atoms with Crippen molar-refractivity contribution in [3.63, 3.8) is 0 Å². The maximum absolute atomic E-state index is 12.4. The third kappa shape index (κ3) is 4.66. The van der Waals surface area contributed by atoms with E-state index in [2.05, 4.69) is 10.6 Å². The van der Waals surface area contributed by atoms with Crippen molar-refractivity contribution in [1.82, 2.24) is 20.4 Å². The van der Waals surface area contributed by atoms with Crippen molar-refractivity contribution in [2.75, 3.05) is 34.2 Å². The van der Waals surface area contributed by atoms with Crippen LogP contribution < -0.4 is 10.6 Å². The molecule has 0 aromatic heterocycles. The van der Waals surface area contributed by atoms with E-state index in [0.29, 0.717) is 11.7 Å². The molecule has 1 saturated heterocycles. The first-order valence-electron chi connectivity index (χ1n) is 6.43. The third-order valence-corrected chi connectivity index (χ3v) is 3.46. The minimum Gasteiger partial charge on any atom is -0.366 e. The summed E-state index contributed by atoms with van der Waals surface area (Å²) in [5.74, 6) is -0.115. The molecular weight excluding hydrogens is 264 g/mol. The van der Waals surface area contributed by atoms with Gasteiger partial charge in [0, 0.05) is 27.7 Å². The molecule has 1 rings (SSSR count). The molecular formula is C12H22N4O2S. The highest BCUT2D eigenvalue weighted by Crippen LogP contribution is 2.12. The molecule has 1 aliphatic rings. The van der Waals surface area contributed by atoms with Gasteiger partial charge in [0.1, 0.15) is 6.04 Å². The Bertz CT molecular complexity index is 360. The zero-order valence-corrected chi connectivity index (χ0v) is 12.5. The Morgan fingerprint density at radius 2 is 2.16 bits per heavy atom. The maximum atomic E-state index is 12.4. The summed E-state index contributed by atoms with van der Waals surface area (Å²) in [6, 6.07) is -0.336. The highest BCUT2D eigenvalue weighted by atomic mass is 32.1. The Morgan fingerprint density at radius 1 is 1.47 bits per heavy atom. The van der Waals surface area contributed by atoms with Gasteiger partial charge in [-0.05, 0) is 31.5 Å². The van der Waals surface area contributed by atoms with Crippen LogP contribution in [0, 0.1) is 0 Å². The molecule has 0 saturated carbocycles. The largest absolute Gasteiger partial charge is 0.366 e. The second-order valence-electron chi connectivity index (χ2n) is 4.82. The first kappa shape index (κ1) is 15.7. The van der Waals surface area contributed by atoms with E-state index >= 15 is 0 Å². The molecule has 1 fully saturated rings. The van der Waals surface area contributed by atoms with Crippen molar-refractivity contribution < 1.29 is 9.59 Å². The summed E-state index contributed by atoms with van der Waals surface area (Å²) in [4.78, 5) is 27.2. The molecule has 108 valence electrons. The molecule has 7 heteroatoms. The molecule has 0 aromatic rings. The Hall–Kier alpha value is -1.37. The second-order valence-corrected chi connectivity index (χ2v) is 5.23. The van der Waals surface area contributed by atoms with E-state index in [1.54, 1.807) is 26.0 Å². The van der Waals surface area contributed by atoms with Crippen LogP contribution in [0.5, 0.6) is 0 Å². The Balaban J connectivity index is 2.68. The summed E-state index contributed by atoms with van der Waals surface area (Å²) < 4.78 is 0. The van der Waals surface area contributed by atoms with Crippen molar-refractivity contribution in [3.05, 3.63) is 0 Å². The monoisotopic (exact) mass is 286 g/mol. The van der Waals surface area contributed by atoms with E-state index in [4.69, 9.17) is 12.2 Å². The molecule has 2 N–H and O–H groups in total. The van der Waals surface area contributed by atoms with E-state index in [1.165, 1.54) is 4.90 Å². The lowest BCUT2D eigenvalue weighted by Crippen LogP contribution is -2.51. The fourth-order valence-corrected chi connectivity index (χ4v) is 2.07. The van der Waals surface area contributed by atoms with E-state index in [9.17, 15) is 9.59 Å². The Morgan fingerprint density at radius 3 is 2.74 bits per heavy atom. The van der Waals surface area contributed by atoms with Crippen molar-refractivity contribution >= 4 is 29.1 Å². The van der Waals surface area contributed by atoms with E-state index in [1.807, 2.05) is 0 Å². The number of carbonyl (C=O) groups is 2. The standard InChI is InChI=1S/C12H22N4O2S/c1-13-12(19)14-9-6-4-5-7-16(11(9)18)8-10(17)15(2)3/h9H,4-8H2,1-3H3,(H2,13,14,19)/t9-/m0/s1. The van der Waals surface area contributed by atoms with Crippen LogP contribution >= 0.6 is 12.2 Å². The lowest BCUT2D eigenvalue weighted by Gasteiger charge is -2.26. The van der Waals surface area contributed by atoms with Crippen molar-refractivity contribution in [3.8, 4) is 0 Å². The van der Waals surface area contributed by atoms with Gasteiger partial charge < -0.3 is 20.4 Å². The number of likely N-dealkylation sites (tertiary alicyclic amines) is 1. The van der Waals surface area contributed by atoms with E-state index in [-0.39, 0.29) is 24.4 Å². The number of amides is 2. The van der Waals surface area contributed by atoms with Crippen LogP contribution in [0.25, 0.3) is 0 Å². The van der Waals surface area contributed by atoms with Crippen LogP contribution in [0.4, 0.5) is 0 Å². The third-order valence-electron chi connectivity index (χ3n) is 3.14. The number of nitrogens with one attached hydrogen (secondary N) is 2. The highest BCUT2D eigenvalue weighted by Gasteiger charge is 2.28. The van der Waals surface area contributed by atoms with Gasteiger partial charge in [0.15, 0.2) is 5.11 Å². The predicted molar refractivity (Wildman–Crippen MR) is 77.7 cm³/mol. The molecule has 0 radical (unpaired) electrons. The molecule has 19 heavy (non-hydrogen) atoms. The molecule has 1 atom stereocenters. The van der Waals surface area contributed by atoms with Crippen LogP contribution in [0.15, 0.2) is 0 Å². The van der Waals surface area contributed by atoms with Crippen LogP contribution in [-0.2, 0) is 9.59 Å². The highest BCUT2D eigenvalue weighted by molar-refractivity contribution is 7.80. The number of thiocarbonyl (C=S) groups is 1. The van der Waals surface area contributed by atoms with Gasteiger partial charge in [0.05, 0.1) is 6.54 Å². The van der Waals surface area contributed by atoms with Crippen LogP contribution in [-0.4, -0.2) is 67.0 Å². The molecule has 0 bridgehead atoms. The maximum Gasteiger partial charge on any atom is 0.245 e. The molecule has 0 unspecified atom stereocenters. The van der Waals surface area contributed by atoms with Gasteiger partial charge in [-0.15, -0.1) is 0 Å². The van der Waals surface area contributed by atoms with Gasteiger partial charge >= 0.3 is 0 Å². The summed E-state index contributed by atoms with van der Waals surface area (Å²) in [6.45, 7) is 0.763. The quantitative estimate of drug-likeness (QED) is 0.688. The predicted octanol–water partition coefficient (Wildman–Crippen LogP) is -0.450. The normalized spacial score (nSPS) is 19.6. The van der Waals surface area contributed by atoms with Crippen molar-refractivity contribution in [2.24, 2.45) is 0 Å². The lowest BCUT2D eigenvalue weighted by molar-refractivity contribution is -0.139. The number of nitrogens with zero attached hydrogens (tertiary/aromatic N) is 2. The first-order valence-corrected chi connectivity index (χ1v) is 6.83. The Kier molecular flexibility index (Phi) is 6.01. The second kappa shape index (κ2) is 7.28. The van der Waals surface area contributed by atoms with Crippen LogP contribution in [0.3, 0.4) is 0 Å². The summed E-state index contributed by atoms with van der Waals surface area (Å²) in [7, 11) is 5.09. The van der Waals surface area contributed by atoms with Crippen LogP contribution in [0.1, 0.15) is 19.3 Å². The first-order chi connectivity index (χ1) is 8.95. The molecule has 2 amide bonds. The fraction of sp³-hybridized carbons (Fsp3) is 0.750. The van der Waals surface area contributed by atoms with Gasteiger partial charge in [0.25, 0.3) is 0 Å². The molecule has 1 heterocycles. The van der Waals surface area contributed by atoms with Gasteiger partial charge in [0.2, 0.25) is 11.8 Å². The minimum absolute atomic E-state index is 0.0506. The van der Waals surface area contributed by atoms with Gasteiger partial charge in [-0.1, -0.05) is 0 Å². The SMILES string of the molecule is CNC(=S)N[C@H]1CCCCN(CC(=O)N(C)C)C1=O. The minimum atomic E-state index is -0.336. The zero-order chi connectivity index (χ0) is 14.4. The zero-order valence-electron chi connectivity index (χ0n) is 11.7. The smallest absolute Gasteiger partial charge is 0.245 e. The molecule has 0 spiro atoms. The lowest BCUT2D eigenvalue weighted by atomic mass is 10.1. The average Bonchev–Trinajstić information content (AvgIpc) is 2.53. The number of carbonyl (C=O) groups excluding carboxylic acids is 2. The summed E-state index contributed by atoms with van der Waals surface area (Å²) in [5, 5.41) is 6.25. The van der Waals surface area contributed by atoms with Gasteiger partial charge in [-0.25, -0.2) is 0 Å². The average molecular weight is 286 g/mol. The topological polar surface area (TPSA) is 64.7 Å². The van der Waals surface area contributed by atoms with E-state index < -0.39 is 0 Å². The van der Waals surface area contributed by atoms with Crippen molar-refractivity contribution in [1.29, 1.82) is 0 Å². The number of hydrogen-bond acceptors (Lipinski definition) is 3. The molecule has 0 aromatic carbocycles. The van der Waals surface area contributed by atoms with Gasteiger partial charge in [-0.3, -0.25) is 9.59 Å². The van der Waals surface area contributed by atoms with Crippen molar-refractivity contribution in [2.45, 2.75) is 25.3 Å². The fourth-order valence-electron chi connectivity index (χ4n) is 1.93. The summed E-state index contributed by atoms with van der Waals surface area (Å²) in [5.41, 5.74) is 0. The molecule has 6 nitrogen and oxygen atoms in total. The van der Waals surface area contributed by atoms with Gasteiger partial charge in [-0.2, -0.15) is 0 Å². The summed E-state index contributed by atoms with van der Waals surface area (Å²) >= 11 is 5.03. The number of hydrogen-bond donors (Lipinski definition) is 2.